The molecule has 5 nitrogen and oxygen atoms in total. The number of ketones is 1. The van der Waals surface area contributed by atoms with Gasteiger partial charge in [0.25, 0.3) is 11.7 Å². The Morgan fingerprint density at radius 2 is 1.55 bits per heavy atom. The van der Waals surface area contributed by atoms with Gasteiger partial charge in [-0.1, -0.05) is 88.7 Å². The van der Waals surface area contributed by atoms with Crippen molar-refractivity contribution < 1.29 is 14.7 Å². The van der Waals surface area contributed by atoms with Crippen LogP contribution in [0.15, 0.2) is 54.1 Å². The molecule has 0 bridgehead atoms. The second-order valence-corrected chi connectivity index (χ2v) is 9.76. The summed E-state index contributed by atoms with van der Waals surface area (Å²) in [5.74, 6) is -1.30. The molecule has 2 aromatic rings. The van der Waals surface area contributed by atoms with Crippen molar-refractivity contribution >= 4 is 17.4 Å². The summed E-state index contributed by atoms with van der Waals surface area (Å²) in [6, 6.07) is 14.8. The van der Waals surface area contributed by atoms with E-state index in [2.05, 4.69) is 39.5 Å². The van der Waals surface area contributed by atoms with Crippen LogP contribution in [-0.2, 0) is 15.0 Å². The summed E-state index contributed by atoms with van der Waals surface area (Å²) in [4.78, 5) is 30.1. The van der Waals surface area contributed by atoms with Gasteiger partial charge in [0.05, 0.1) is 11.6 Å². The van der Waals surface area contributed by atoms with Gasteiger partial charge >= 0.3 is 0 Å². The number of likely N-dealkylation sites (tertiary alicyclic amines) is 1. The topological polar surface area (TPSA) is 60.9 Å². The largest absolute Gasteiger partial charge is 0.507 e. The molecule has 1 fully saturated rings. The zero-order chi connectivity index (χ0) is 24.3. The molecule has 2 aromatic carbocycles. The number of nitrogens with zero attached hydrogens (tertiary/aromatic N) is 2. The highest BCUT2D eigenvalue weighted by Gasteiger charge is 2.46. The van der Waals surface area contributed by atoms with E-state index in [4.69, 9.17) is 0 Å². The molecule has 0 saturated carbocycles. The molecule has 0 aromatic heterocycles. The number of hydrogen-bond donors (Lipinski definition) is 1. The minimum absolute atomic E-state index is 0.00894. The van der Waals surface area contributed by atoms with Crippen LogP contribution in [0, 0.1) is 6.92 Å². The van der Waals surface area contributed by atoms with Crippen LogP contribution in [0.5, 0.6) is 0 Å². The van der Waals surface area contributed by atoms with Crippen LogP contribution in [0.1, 0.15) is 62.9 Å². The van der Waals surface area contributed by atoms with Gasteiger partial charge in [-0.05, 0) is 36.6 Å². The molecule has 1 aliphatic rings. The number of Topliss-reactive ketones (excluding diaryl/α,β-unsaturated/α-hetero) is 1. The third-order valence-electron chi connectivity index (χ3n) is 6.51. The van der Waals surface area contributed by atoms with Gasteiger partial charge in [-0.15, -0.1) is 0 Å². The van der Waals surface area contributed by atoms with Gasteiger partial charge in [-0.3, -0.25) is 9.59 Å². The van der Waals surface area contributed by atoms with Crippen molar-refractivity contribution in [3.8, 4) is 0 Å². The highest BCUT2D eigenvalue weighted by atomic mass is 16.3. The molecule has 1 aliphatic heterocycles. The lowest BCUT2D eigenvalue weighted by Crippen LogP contribution is -2.38. The van der Waals surface area contributed by atoms with Crippen LogP contribution in [0.25, 0.3) is 5.76 Å². The van der Waals surface area contributed by atoms with E-state index < -0.39 is 17.7 Å². The lowest BCUT2D eigenvalue weighted by Gasteiger charge is -2.28. The molecular weight excluding hydrogens is 412 g/mol. The average Bonchev–Trinajstić information content (AvgIpc) is 3.04. The van der Waals surface area contributed by atoms with E-state index in [-0.39, 0.29) is 16.7 Å². The van der Waals surface area contributed by atoms with Crippen molar-refractivity contribution in [1.82, 2.24) is 9.80 Å². The molecule has 1 amide bonds. The summed E-state index contributed by atoms with van der Waals surface area (Å²) in [6.07, 6.45) is 0. The van der Waals surface area contributed by atoms with Crippen LogP contribution in [0.4, 0.5) is 0 Å². The Morgan fingerprint density at radius 3 is 2.06 bits per heavy atom. The summed E-state index contributed by atoms with van der Waals surface area (Å²) in [6.45, 7) is 15.4. The summed E-state index contributed by atoms with van der Waals surface area (Å²) in [5.41, 5.74) is 3.75. The van der Waals surface area contributed by atoms with E-state index in [1.807, 2.05) is 43.3 Å². The van der Waals surface area contributed by atoms with Crippen LogP contribution in [0.3, 0.4) is 0 Å². The standard InChI is InChI=1S/C28H36N2O3/c1-7-29(8-2)17-18-30-24(20-13-15-22(16-14-20)28(4,5)6)23(26(32)27(30)33)25(31)21-11-9-19(3)10-12-21/h9-16,24,31H,7-8,17-18H2,1-6H3/t24-/m0/s1. The van der Waals surface area contributed by atoms with Crippen LogP contribution in [-0.4, -0.2) is 52.8 Å². The minimum atomic E-state index is -0.627. The highest BCUT2D eigenvalue weighted by molar-refractivity contribution is 6.46. The van der Waals surface area contributed by atoms with E-state index >= 15 is 0 Å². The van der Waals surface area contributed by atoms with Gasteiger partial charge in [0.1, 0.15) is 5.76 Å². The maximum Gasteiger partial charge on any atom is 0.295 e. The molecule has 0 aliphatic carbocycles. The van der Waals surface area contributed by atoms with Gasteiger partial charge < -0.3 is 14.9 Å². The molecular formula is C28H36N2O3. The first kappa shape index (κ1) is 24.7. The molecule has 0 radical (unpaired) electrons. The third-order valence-corrected chi connectivity index (χ3v) is 6.51. The Bertz CT molecular complexity index is 1030. The minimum Gasteiger partial charge on any atom is -0.507 e. The number of aliphatic hydroxyl groups excluding tert-OH is 1. The third kappa shape index (κ3) is 5.19. The fourth-order valence-electron chi connectivity index (χ4n) is 4.28. The molecule has 1 atom stereocenters. The van der Waals surface area contributed by atoms with Gasteiger partial charge in [-0.2, -0.15) is 0 Å². The lowest BCUT2D eigenvalue weighted by atomic mass is 9.85. The summed E-state index contributed by atoms with van der Waals surface area (Å²) in [7, 11) is 0. The molecule has 0 spiro atoms. The SMILES string of the molecule is CCN(CC)CCN1C(=O)C(=O)C(=C(O)c2ccc(C)cc2)[C@@H]1c1ccc(C(C)(C)C)cc1. The van der Waals surface area contributed by atoms with E-state index in [1.165, 1.54) is 5.56 Å². The number of carbonyl (C=O) groups is 2. The maximum atomic E-state index is 13.2. The Labute approximate surface area is 197 Å². The smallest absolute Gasteiger partial charge is 0.295 e. The van der Waals surface area contributed by atoms with Gasteiger partial charge in [0, 0.05) is 18.7 Å². The maximum absolute atomic E-state index is 13.2. The summed E-state index contributed by atoms with van der Waals surface area (Å²) >= 11 is 0. The Kier molecular flexibility index (Phi) is 7.43. The number of amides is 1. The van der Waals surface area contributed by atoms with Crippen molar-refractivity contribution in [3.63, 3.8) is 0 Å². The number of benzene rings is 2. The molecule has 1 saturated heterocycles. The zero-order valence-corrected chi connectivity index (χ0v) is 20.7. The highest BCUT2D eigenvalue weighted by Crippen LogP contribution is 2.39. The summed E-state index contributed by atoms with van der Waals surface area (Å²) < 4.78 is 0. The van der Waals surface area contributed by atoms with Crippen molar-refractivity contribution in [2.45, 2.75) is 53.0 Å². The Balaban J connectivity index is 2.10. The molecule has 5 heteroatoms. The van der Waals surface area contributed by atoms with Crippen LogP contribution < -0.4 is 0 Å². The van der Waals surface area contributed by atoms with E-state index in [0.717, 1.165) is 24.2 Å². The molecule has 0 unspecified atom stereocenters. The summed E-state index contributed by atoms with van der Waals surface area (Å²) in [5, 5.41) is 11.2. The van der Waals surface area contributed by atoms with Crippen LogP contribution in [0.2, 0.25) is 0 Å². The lowest BCUT2D eigenvalue weighted by molar-refractivity contribution is -0.140. The second-order valence-electron chi connectivity index (χ2n) is 9.76. The molecule has 1 N–H and O–H groups in total. The number of hydrogen-bond acceptors (Lipinski definition) is 4. The number of aryl methyl sites for hydroxylation is 1. The Hall–Kier alpha value is -2.92. The monoisotopic (exact) mass is 448 g/mol. The first-order valence-electron chi connectivity index (χ1n) is 11.8. The average molecular weight is 449 g/mol. The molecule has 33 heavy (non-hydrogen) atoms. The van der Waals surface area contributed by atoms with Gasteiger partial charge in [-0.25, -0.2) is 0 Å². The van der Waals surface area contributed by atoms with E-state index in [9.17, 15) is 14.7 Å². The Morgan fingerprint density at radius 1 is 0.970 bits per heavy atom. The van der Waals surface area contributed by atoms with Gasteiger partial charge in [0.15, 0.2) is 0 Å². The number of carbonyl (C=O) groups excluding carboxylic acids is 2. The normalized spacial score (nSPS) is 18.4. The predicted molar refractivity (Wildman–Crippen MR) is 133 cm³/mol. The van der Waals surface area contributed by atoms with Crippen molar-refractivity contribution in [2.24, 2.45) is 0 Å². The predicted octanol–water partition coefficient (Wildman–Crippen LogP) is 5.06. The molecule has 1 heterocycles. The van der Waals surface area contributed by atoms with E-state index in [0.29, 0.717) is 18.7 Å². The van der Waals surface area contributed by atoms with Crippen molar-refractivity contribution in [2.75, 3.05) is 26.2 Å². The molecule has 3 rings (SSSR count). The fraction of sp³-hybridized carbons (Fsp3) is 0.429. The van der Waals surface area contributed by atoms with Crippen molar-refractivity contribution in [1.29, 1.82) is 0 Å². The molecule has 176 valence electrons. The number of likely N-dealkylation sites (N-methyl/N-ethyl adjacent to an activating group) is 1. The first-order valence-corrected chi connectivity index (χ1v) is 11.8. The fourth-order valence-corrected chi connectivity index (χ4v) is 4.28. The van der Waals surface area contributed by atoms with Gasteiger partial charge in [0.2, 0.25) is 0 Å². The number of rotatable bonds is 7. The van der Waals surface area contributed by atoms with Crippen molar-refractivity contribution in [3.05, 3.63) is 76.4 Å². The second kappa shape index (κ2) is 9.92. The van der Waals surface area contributed by atoms with E-state index in [1.54, 1.807) is 17.0 Å². The first-order chi connectivity index (χ1) is 15.6. The number of aliphatic hydroxyl groups is 1. The quantitative estimate of drug-likeness (QED) is 0.366. The zero-order valence-electron chi connectivity index (χ0n) is 20.7. The van der Waals surface area contributed by atoms with Crippen LogP contribution >= 0.6 is 0 Å².